The van der Waals surface area contributed by atoms with Gasteiger partial charge >= 0.3 is 0 Å². The fourth-order valence-electron chi connectivity index (χ4n) is 1.39. The normalized spacial score (nSPS) is 32.0. The molecule has 14 heavy (non-hydrogen) atoms. The molecule has 2 N–H and O–H groups in total. The van der Waals surface area contributed by atoms with E-state index in [0.29, 0.717) is 17.1 Å². The molecule has 1 unspecified atom stereocenters. The molecule has 1 heterocycles. The Bertz CT molecular complexity index is 366. The summed E-state index contributed by atoms with van der Waals surface area (Å²) in [6, 6.07) is 2.16. The van der Waals surface area contributed by atoms with E-state index in [1.165, 1.54) is 0 Å². The van der Waals surface area contributed by atoms with E-state index >= 15 is 0 Å². The summed E-state index contributed by atoms with van der Waals surface area (Å²) in [6.07, 6.45) is 2.90. The van der Waals surface area contributed by atoms with Gasteiger partial charge in [0.1, 0.15) is 11.9 Å². The highest BCUT2D eigenvalue weighted by molar-refractivity contribution is 5.84. The zero-order chi connectivity index (χ0) is 10.7. The van der Waals surface area contributed by atoms with Crippen molar-refractivity contribution in [1.29, 1.82) is 5.26 Å². The molecule has 1 atom stereocenters. The van der Waals surface area contributed by atoms with Crippen LogP contribution >= 0.6 is 0 Å². The van der Waals surface area contributed by atoms with E-state index in [2.05, 4.69) is 11.1 Å². The van der Waals surface area contributed by atoms with Gasteiger partial charge in [-0.3, -0.25) is 0 Å². The van der Waals surface area contributed by atoms with Crippen molar-refractivity contribution in [1.82, 2.24) is 0 Å². The zero-order valence-corrected chi connectivity index (χ0v) is 8.83. The van der Waals surface area contributed by atoms with Crippen LogP contribution in [0.5, 0.6) is 0 Å². The van der Waals surface area contributed by atoms with E-state index in [1.807, 2.05) is 26.8 Å². The second kappa shape index (κ2) is 4.10. The average molecular weight is 189 g/mol. The first-order valence-corrected chi connectivity index (χ1v) is 4.68. The summed E-state index contributed by atoms with van der Waals surface area (Å²) < 4.78 is 0. The predicted molar refractivity (Wildman–Crippen MR) is 57.5 cm³/mol. The molecule has 0 saturated carbocycles. The molecule has 74 valence electrons. The van der Waals surface area contributed by atoms with Crippen LogP contribution in [0.15, 0.2) is 27.9 Å². The number of nitriles is 1. The van der Waals surface area contributed by atoms with Gasteiger partial charge < -0.3 is 5.73 Å². The summed E-state index contributed by atoms with van der Waals surface area (Å²) in [4.78, 5) is 4.23. The van der Waals surface area contributed by atoms with Crippen LogP contribution in [-0.4, -0.2) is 5.84 Å². The van der Waals surface area contributed by atoms with E-state index in [4.69, 9.17) is 11.0 Å². The molecule has 0 aromatic heterocycles. The van der Waals surface area contributed by atoms with Gasteiger partial charge in [0.05, 0.1) is 11.3 Å². The lowest BCUT2D eigenvalue weighted by molar-refractivity contribution is 0.772. The molecule has 0 amide bonds. The highest BCUT2D eigenvalue weighted by Gasteiger charge is 2.12. The summed E-state index contributed by atoms with van der Waals surface area (Å²) in [5, 5.41) is 8.94. The van der Waals surface area contributed by atoms with Crippen molar-refractivity contribution in [3.63, 3.8) is 0 Å². The molecular formula is C11H15N3. The Morgan fingerprint density at radius 3 is 2.79 bits per heavy atom. The molecule has 0 radical (unpaired) electrons. The second-order valence-electron chi connectivity index (χ2n) is 3.63. The van der Waals surface area contributed by atoms with Gasteiger partial charge in [0.25, 0.3) is 0 Å². The Balaban J connectivity index is 3.25. The number of amidine groups is 1. The summed E-state index contributed by atoms with van der Waals surface area (Å²) >= 11 is 0. The third-order valence-corrected chi connectivity index (χ3v) is 2.45. The van der Waals surface area contributed by atoms with E-state index in [1.54, 1.807) is 0 Å². The van der Waals surface area contributed by atoms with Crippen molar-refractivity contribution in [3.05, 3.63) is 22.9 Å². The van der Waals surface area contributed by atoms with Gasteiger partial charge in [-0.2, -0.15) is 5.26 Å². The minimum atomic E-state index is 0.250. The van der Waals surface area contributed by atoms with Crippen molar-refractivity contribution < 1.29 is 0 Å². The number of aliphatic imine (C=N–C) groups is 1. The lowest BCUT2D eigenvalue weighted by Crippen LogP contribution is -2.21. The molecule has 1 aliphatic rings. The Morgan fingerprint density at radius 1 is 1.57 bits per heavy atom. The monoisotopic (exact) mass is 189 g/mol. The standard InChI is InChI=1S/C11H15N3/c1-7-4-5-8(2)11(13)14-9(3)10(7)6-12/h4,8H,5H2,1-3H3,(H2,13,14)/b7-4+,10-9-. The fourth-order valence-corrected chi connectivity index (χ4v) is 1.39. The van der Waals surface area contributed by atoms with Crippen LogP contribution in [0, 0.1) is 17.2 Å². The first kappa shape index (κ1) is 10.5. The summed E-state index contributed by atoms with van der Waals surface area (Å²) in [6.45, 7) is 5.79. The van der Waals surface area contributed by atoms with Crippen molar-refractivity contribution in [2.45, 2.75) is 27.2 Å². The Labute approximate surface area is 84.6 Å². The maximum absolute atomic E-state index is 8.94. The maximum atomic E-state index is 8.94. The largest absolute Gasteiger partial charge is 0.387 e. The second-order valence-corrected chi connectivity index (χ2v) is 3.63. The quantitative estimate of drug-likeness (QED) is 0.634. The molecule has 3 heteroatoms. The van der Waals surface area contributed by atoms with E-state index in [9.17, 15) is 0 Å². The van der Waals surface area contributed by atoms with Crippen LogP contribution in [0.25, 0.3) is 0 Å². The van der Waals surface area contributed by atoms with E-state index in [0.717, 1.165) is 12.0 Å². The van der Waals surface area contributed by atoms with Gasteiger partial charge in [0, 0.05) is 5.92 Å². The molecule has 0 spiro atoms. The minimum Gasteiger partial charge on any atom is -0.387 e. The van der Waals surface area contributed by atoms with Crippen LogP contribution in [0.2, 0.25) is 0 Å². The van der Waals surface area contributed by atoms with Crippen molar-refractivity contribution in [3.8, 4) is 6.07 Å². The predicted octanol–water partition coefficient (Wildman–Crippen LogP) is 2.13. The number of hydrogen-bond donors (Lipinski definition) is 1. The topological polar surface area (TPSA) is 62.2 Å². The minimum absolute atomic E-state index is 0.250. The summed E-state index contributed by atoms with van der Waals surface area (Å²) in [7, 11) is 0. The molecule has 0 aromatic carbocycles. The first-order chi connectivity index (χ1) is 6.56. The van der Waals surface area contributed by atoms with E-state index in [-0.39, 0.29) is 5.92 Å². The van der Waals surface area contributed by atoms with Crippen molar-refractivity contribution >= 4 is 5.84 Å². The molecule has 3 nitrogen and oxygen atoms in total. The van der Waals surface area contributed by atoms with Gasteiger partial charge in [-0.05, 0) is 25.8 Å². The number of allylic oxidation sites excluding steroid dienone is 4. The first-order valence-electron chi connectivity index (χ1n) is 4.68. The zero-order valence-electron chi connectivity index (χ0n) is 8.83. The fraction of sp³-hybridized carbons (Fsp3) is 0.455. The van der Waals surface area contributed by atoms with Gasteiger partial charge in [-0.15, -0.1) is 0 Å². The van der Waals surface area contributed by atoms with Gasteiger partial charge in [-0.25, -0.2) is 4.99 Å². The molecule has 1 aliphatic heterocycles. The van der Waals surface area contributed by atoms with Gasteiger partial charge in [-0.1, -0.05) is 13.0 Å². The number of hydrogen-bond acceptors (Lipinski definition) is 3. The molecule has 0 aromatic rings. The third kappa shape index (κ3) is 2.02. The lowest BCUT2D eigenvalue weighted by atomic mass is 9.99. The van der Waals surface area contributed by atoms with Crippen LogP contribution in [0.4, 0.5) is 0 Å². The Hall–Kier alpha value is -1.56. The molecule has 0 fully saturated rings. The van der Waals surface area contributed by atoms with Crippen LogP contribution in [0.1, 0.15) is 27.2 Å². The van der Waals surface area contributed by atoms with Crippen LogP contribution in [-0.2, 0) is 0 Å². The smallest absolute Gasteiger partial charge is 0.102 e. The molecule has 0 aliphatic carbocycles. The highest BCUT2D eigenvalue weighted by Crippen LogP contribution is 2.20. The number of rotatable bonds is 0. The third-order valence-electron chi connectivity index (χ3n) is 2.45. The molecular weight excluding hydrogens is 174 g/mol. The highest BCUT2D eigenvalue weighted by atomic mass is 14.9. The van der Waals surface area contributed by atoms with Crippen LogP contribution < -0.4 is 5.73 Å². The Kier molecular flexibility index (Phi) is 3.08. The molecule has 0 saturated heterocycles. The average Bonchev–Trinajstić information content (AvgIpc) is 2.13. The van der Waals surface area contributed by atoms with E-state index < -0.39 is 0 Å². The molecule has 0 bridgehead atoms. The van der Waals surface area contributed by atoms with Crippen molar-refractivity contribution in [2.75, 3.05) is 0 Å². The SMILES string of the molecule is CC1=C\CC(C)C(N)=N/C(C)=C\1C#N. The van der Waals surface area contributed by atoms with Gasteiger partial charge in [0.2, 0.25) is 0 Å². The van der Waals surface area contributed by atoms with Gasteiger partial charge in [0.15, 0.2) is 0 Å². The number of nitrogens with two attached hydrogens (primary N) is 1. The Morgan fingerprint density at radius 2 is 2.21 bits per heavy atom. The lowest BCUT2D eigenvalue weighted by Gasteiger charge is -2.13. The summed E-state index contributed by atoms with van der Waals surface area (Å²) in [5.74, 6) is 0.860. The van der Waals surface area contributed by atoms with Crippen molar-refractivity contribution in [2.24, 2.45) is 16.6 Å². The maximum Gasteiger partial charge on any atom is 0.102 e. The number of nitrogens with zero attached hydrogens (tertiary/aromatic N) is 2. The summed E-state index contributed by atoms with van der Waals surface area (Å²) in [5.41, 5.74) is 8.12. The van der Waals surface area contributed by atoms with Crippen LogP contribution in [0.3, 0.4) is 0 Å². The molecule has 1 rings (SSSR count).